The lowest BCUT2D eigenvalue weighted by atomic mass is 10.0. The summed E-state index contributed by atoms with van der Waals surface area (Å²) in [6, 6.07) is 10.1. The van der Waals surface area contributed by atoms with E-state index >= 15 is 0 Å². The minimum atomic E-state index is 0. The van der Waals surface area contributed by atoms with Crippen molar-refractivity contribution in [3.8, 4) is 5.75 Å². The van der Waals surface area contributed by atoms with Crippen molar-refractivity contribution in [2.75, 3.05) is 13.2 Å². The molecule has 0 radical (unpaired) electrons. The van der Waals surface area contributed by atoms with Gasteiger partial charge in [0.2, 0.25) is 0 Å². The molecule has 0 aliphatic heterocycles. The Bertz CT molecular complexity index is 408. The molecular formula is C23H42INO. The van der Waals surface area contributed by atoms with Crippen LogP contribution in [0.25, 0.3) is 0 Å². The number of hydrogen-bond donors (Lipinski definition) is 1. The maximum absolute atomic E-state index is 5.87. The highest BCUT2D eigenvalue weighted by Gasteiger charge is 2.17. The van der Waals surface area contributed by atoms with Crippen LogP contribution in [0, 0.1) is 0 Å². The summed E-state index contributed by atoms with van der Waals surface area (Å²) in [5.41, 5.74) is 0.0222. The van der Waals surface area contributed by atoms with Crippen molar-refractivity contribution in [3.63, 3.8) is 0 Å². The molecule has 0 bridgehead atoms. The van der Waals surface area contributed by atoms with E-state index in [1.54, 1.807) is 0 Å². The van der Waals surface area contributed by atoms with Crippen molar-refractivity contribution < 1.29 is 4.74 Å². The highest BCUT2D eigenvalue weighted by Crippen LogP contribution is 2.13. The van der Waals surface area contributed by atoms with Crippen LogP contribution in [0.1, 0.15) is 91.4 Å². The number of para-hydroxylation sites is 1. The van der Waals surface area contributed by atoms with E-state index in [1.165, 1.54) is 70.6 Å². The van der Waals surface area contributed by atoms with Gasteiger partial charge in [-0.2, -0.15) is 0 Å². The normalized spacial score (nSPS) is 11.2. The van der Waals surface area contributed by atoms with Gasteiger partial charge < -0.3 is 10.1 Å². The molecule has 1 aromatic carbocycles. The molecule has 0 heterocycles. The van der Waals surface area contributed by atoms with Gasteiger partial charge in [-0.05, 0) is 38.9 Å². The van der Waals surface area contributed by atoms with Gasteiger partial charge in [-0.15, -0.1) is 24.0 Å². The third-order valence-corrected chi connectivity index (χ3v) is 4.73. The highest BCUT2D eigenvalue weighted by molar-refractivity contribution is 14.0. The van der Waals surface area contributed by atoms with Crippen LogP contribution in [-0.2, 0) is 0 Å². The molecule has 0 saturated carbocycles. The third kappa shape index (κ3) is 14.8. The summed E-state index contributed by atoms with van der Waals surface area (Å²) in [5, 5.41) is 3.63. The molecule has 1 aromatic rings. The van der Waals surface area contributed by atoms with Gasteiger partial charge in [0, 0.05) is 5.54 Å². The zero-order chi connectivity index (χ0) is 18.2. The lowest BCUT2D eigenvalue weighted by Crippen LogP contribution is -2.45. The molecule has 0 fully saturated rings. The fraction of sp³-hybridized carbons (Fsp3) is 0.739. The maximum Gasteiger partial charge on any atom is 0.119 e. The topological polar surface area (TPSA) is 21.3 Å². The van der Waals surface area contributed by atoms with Gasteiger partial charge in [0.25, 0.3) is 0 Å². The molecule has 0 atom stereocenters. The summed E-state index contributed by atoms with van der Waals surface area (Å²) in [7, 11) is 0. The molecule has 0 aromatic heterocycles. The SMILES string of the molecule is CCCCCCCCCCCCCNC(C)(C)COc1ccccc1.I. The smallest absolute Gasteiger partial charge is 0.119 e. The Kier molecular flexibility index (Phi) is 16.7. The molecule has 3 heteroatoms. The van der Waals surface area contributed by atoms with E-state index in [-0.39, 0.29) is 29.5 Å². The van der Waals surface area contributed by atoms with Crippen molar-refractivity contribution >= 4 is 24.0 Å². The van der Waals surface area contributed by atoms with Gasteiger partial charge in [-0.1, -0.05) is 89.3 Å². The average molecular weight is 475 g/mol. The summed E-state index contributed by atoms with van der Waals surface area (Å²) in [5.74, 6) is 0.951. The van der Waals surface area contributed by atoms with E-state index in [9.17, 15) is 0 Å². The molecule has 0 spiro atoms. The number of unbranched alkanes of at least 4 members (excludes halogenated alkanes) is 10. The van der Waals surface area contributed by atoms with Crippen molar-refractivity contribution in [2.45, 2.75) is 96.9 Å². The summed E-state index contributed by atoms with van der Waals surface area (Å²) >= 11 is 0. The van der Waals surface area contributed by atoms with E-state index in [2.05, 4.69) is 26.1 Å². The predicted octanol–water partition coefficient (Wildman–Crippen LogP) is 7.36. The fourth-order valence-electron chi connectivity index (χ4n) is 3.05. The summed E-state index contributed by atoms with van der Waals surface area (Å²) in [6.07, 6.45) is 15.4. The molecule has 1 rings (SSSR count). The average Bonchev–Trinajstić information content (AvgIpc) is 2.62. The first-order valence-electron chi connectivity index (χ1n) is 10.6. The lowest BCUT2D eigenvalue weighted by Gasteiger charge is -2.26. The van der Waals surface area contributed by atoms with Crippen LogP contribution >= 0.6 is 24.0 Å². The Balaban J connectivity index is 0.00000625. The summed E-state index contributed by atoms with van der Waals surface area (Å²) in [6.45, 7) is 8.51. The minimum Gasteiger partial charge on any atom is -0.492 e. The Morgan fingerprint density at radius 2 is 1.27 bits per heavy atom. The van der Waals surface area contributed by atoms with Crippen molar-refractivity contribution in [1.29, 1.82) is 0 Å². The highest BCUT2D eigenvalue weighted by atomic mass is 127. The molecule has 0 aliphatic carbocycles. The second kappa shape index (κ2) is 16.9. The summed E-state index contributed by atoms with van der Waals surface area (Å²) < 4.78 is 5.87. The molecule has 0 aliphatic rings. The van der Waals surface area contributed by atoms with Gasteiger partial charge in [0.1, 0.15) is 12.4 Å². The van der Waals surface area contributed by atoms with Crippen molar-refractivity contribution in [3.05, 3.63) is 30.3 Å². The molecule has 26 heavy (non-hydrogen) atoms. The van der Waals surface area contributed by atoms with Crippen LogP contribution in [0.15, 0.2) is 30.3 Å². The van der Waals surface area contributed by atoms with Gasteiger partial charge in [-0.25, -0.2) is 0 Å². The van der Waals surface area contributed by atoms with Crippen LogP contribution in [0.5, 0.6) is 5.75 Å². The monoisotopic (exact) mass is 475 g/mol. The van der Waals surface area contributed by atoms with Gasteiger partial charge in [0.15, 0.2) is 0 Å². The number of ether oxygens (including phenoxy) is 1. The van der Waals surface area contributed by atoms with E-state index in [0.717, 1.165) is 12.3 Å². The lowest BCUT2D eigenvalue weighted by molar-refractivity contribution is 0.208. The predicted molar refractivity (Wildman–Crippen MR) is 126 cm³/mol. The van der Waals surface area contributed by atoms with Crippen LogP contribution in [0.2, 0.25) is 0 Å². The van der Waals surface area contributed by atoms with Crippen LogP contribution in [-0.4, -0.2) is 18.7 Å². The number of hydrogen-bond acceptors (Lipinski definition) is 2. The van der Waals surface area contributed by atoms with Crippen molar-refractivity contribution in [1.82, 2.24) is 5.32 Å². The Labute approximate surface area is 179 Å². The van der Waals surface area contributed by atoms with Crippen molar-refractivity contribution in [2.24, 2.45) is 0 Å². The number of nitrogens with one attached hydrogen (secondary N) is 1. The first-order chi connectivity index (χ1) is 12.1. The largest absolute Gasteiger partial charge is 0.492 e. The quantitative estimate of drug-likeness (QED) is 0.199. The molecule has 1 N–H and O–H groups in total. The van der Waals surface area contributed by atoms with Gasteiger partial charge >= 0.3 is 0 Å². The zero-order valence-corrected chi connectivity index (χ0v) is 19.7. The number of benzene rings is 1. The van der Waals surface area contributed by atoms with E-state index in [0.29, 0.717) is 6.61 Å². The van der Waals surface area contributed by atoms with E-state index in [4.69, 9.17) is 4.74 Å². The molecule has 0 amide bonds. The molecular weight excluding hydrogens is 433 g/mol. The molecule has 0 unspecified atom stereocenters. The maximum atomic E-state index is 5.87. The number of rotatable bonds is 16. The summed E-state index contributed by atoms with van der Waals surface area (Å²) in [4.78, 5) is 0. The molecule has 2 nitrogen and oxygen atoms in total. The van der Waals surface area contributed by atoms with E-state index < -0.39 is 0 Å². The first-order valence-corrected chi connectivity index (χ1v) is 10.6. The molecule has 0 saturated heterocycles. The fourth-order valence-corrected chi connectivity index (χ4v) is 3.05. The molecule has 152 valence electrons. The van der Waals surface area contributed by atoms with E-state index in [1.807, 2.05) is 30.3 Å². The second-order valence-corrected chi connectivity index (χ2v) is 7.95. The zero-order valence-electron chi connectivity index (χ0n) is 17.4. The Morgan fingerprint density at radius 1 is 0.769 bits per heavy atom. The van der Waals surface area contributed by atoms with Gasteiger partial charge in [0.05, 0.1) is 0 Å². The first kappa shape index (κ1) is 25.7. The Hall–Kier alpha value is -0.290. The standard InChI is InChI=1S/C23H41NO.HI/c1-4-5-6-7-8-9-10-11-12-13-17-20-24-23(2,3)21-25-22-18-15-14-16-19-22;/h14-16,18-19,24H,4-13,17,20-21H2,1-3H3;1H. The second-order valence-electron chi connectivity index (χ2n) is 7.95. The minimum absolute atomic E-state index is 0. The number of halogens is 1. The van der Waals surface area contributed by atoms with Crippen LogP contribution < -0.4 is 10.1 Å². The third-order valence-electron chi connectivity index (χ3n) is 4.73. The Morgan fingerprint density at radius 3 is 1.81 bits per heavy atom. The van der Waals surface area contributed by atoms with Crippen LogP contribution in [0.3, 0.4) is 0 Å². The van der Waals surface area contributed by atoms with Gasteiger partial charge in [-0.3, -0.25) is 0 Å². The van der Waals surface area contributed by atoms with Crippen LogP contribution in [0.4, 0.5) is 0 Å².